The van der Waals surface area contributed by atoms with E-state index in [9.17, 15) is 14.3 Å². The molecule has 0 saturated carbocycles. The van der Waals surface area contributed by atoms with Crippen LogP contribution in [-0.2, 0) is 27.9 Å². The van der Waals surface area contributed by atoms with Crippen molar-refractivity contribution in [3.63, 3.8) is 0 Å². The fourth-order valence-electron chi connectivity index (χ4n) is 5.86. The van der Waals surface area contributed by atoms with Gasteiger partial charge in [-0.25, -0.2) is 4.57 Å². The monoisotopic (exact) mass is 799 g/mol. The normalized spacial score (nSPS) is 14.2. The van der Waals surface area contributed by atoms with Crippen molar-refractivity contribution in [2.24, 2.45) is 0 Å². The molecule has 0 radical (unpaired) electrons. The highest BCUT2D eigenvalue weighted by Crippen LogP contribution is 2.43. The second-order valence-corrected chi connectivity index (χ2v) is 17.5. The first-order chi connectivity index (χ1) is 26.6. The SMILES string of the molecule is CCCCCC=CCC=CCC=CCC=CCCCCO[C@H](CO[14C](=O)CCCCCCCCCCCCCCCCC)COP(=O)(O)OCC[N+](C)(C)C. The van der Waals surface area contributed by atoms with Crippen molar-refractivity contribution in [1.29, 1.82) is 0 Å². The lowest BCUT2D eigenvalue weighted by molar-refractivity contribution is -0.870. The van der Waals surface area contributed by atoms with Gasteiger partial charge in [0.25, 0.3) is 0 Å². The molecule has 0 aromatic carbocycles. The van der Waals surface area contributed by atoms with E-state index in [2.05, 4.69) is 62.5 Å². The van der Waals surface area contributed by atoms with Crippen molar-refractivity contribution in [2.75, 3.05) is 54.1 Å². The Labute approximate surface area is 339 Å². The van der Waals surface area contributed by atoms with E-state index >= 15 is 0 Å². The summed E-state index contributed by atoms with van der Waals surface area (Å²) in [6.45, 7) is 5.38. The number of quaternary nitrogens is 1. The minimum atomic E-state index is -4.26. The summed E-state index contributed by atoms with van der Waals surface area (Å²) in [5.41, 5.74) is 0. The van der Waals surface area contributed by atoms with Gasteiger partial charge in [0.2, 0.25) is 0 Å². The molecule has 0 aromatic rings. The lowest BCUT2D eigenvalue weighted by Gasteiger charge is -2.24. The van der Waals surface area contributed by atoms with E-state index in [0.717, 1.165) is 57.8 Å². The van der Waals surface area contributed by atoms with Gasteiger partial charge in [-0.1, -0.05) is 165 Å². The van der Waals surface area contributed by atoms with Gasteiger partial charge in [-0.05, 0) is 57.8 Å². The molecule has 0 aliphatic carbocycles. The van der Waals surface area contributed by atoms with Gasteiger partial charge in [0, 0.05) is 13.0 Å². The second kappa shape index (κ2) is 39.3. The van der Waals surface area contributed by atoms with Crippen molar-refractivity contribution in [3.05, 3.63) is 48.6 Å². The zero-order valence-corrected chi connectivity index (χ0v) is 37.3. The van der Waals surface area contributed by atoms with Crippen LogP contribution in [0, 0.1) is 0 Å². The third-order valence-electron chi connectivity index (χ3n) is 9.43. The van der Waals surface area contributed by atoms with Crippen LogP contribution in [-0.4, -0.2) is 75.6 Å². The number of phosphoric acid groups is 1. The molecule has 0 amide bonds. The number of rotatable bonds is 41. The first-order valence-corrected chi connectivity index (χ1v) is 23.9. The zero-order chi connectivity index (χ0) is 40.6. The van der Waals surface area contributed by atoms with Gasteiger partial charge in [0.1, 0.15) is 25.9 Å². The van der Waals surface area contributed by atoms with Crippen LogP contribution in [0.25, 0.3) is 0 Å². The minimum absolute atomic E-state index is 0.0202. The van der Waals surface area contributed by atoms with Crippen LogP contribution in [0.5, 0.6) is 0 Å². The largest absolute Gasteiger partial charge is 0.472 e. The van der Waals surface area contributed by atoms with E-state index in [4.69, 9.17) is 18.5 Å². The van der Waals surface area contributed by atoms with Crippen molar-refractivity contribution in [1.82, 2.24) is 0 Å². The minimum Gasteiger partial charge on any atom is -0.463 e. The predicted molar refractivity (Wildman–Crippen MR) is 233 cm³/mol. The standard InChI is InChI=1S/C46H86NO7P/c1-6-8-10-12-14-16-18-20-22-23-24-26-28-30-32-34-36-38-41-51-45(44-54-55(49,50)53-42-40-47(3,4)5)43-52-46(48)39-37-35-33-31-29-27-25-21-19-17-15-13-11-9-7-2/h14,16,20,22,24,26,30,32,45H,6-13,15,17-19,21,23,25,27-29,31,33-44H2,1-5H3/p+1/t45-/m1/s1/i46+2. The van der Waals surface area contributed by atoms with Crippen LogP contribution in [0.15, 0.2) is 48.6 Å². The Morgan fingerprint density at radius 2 is 1.00 bits per heavy atom. The summed E-state index contributed by atoms with van der Waals surface area (Å²) in [6, 6.07) is 0. The number of phosphoric ester groups is 1. The summed E-state index contributed by atoms with van der Waals surface area (Å²) in [6.07, 6.45) is 47.3. The molecule has 1 N–H and O–H groups in total. The van der Waals surface area contributed by atoms with Crippen molar-refractivity contribution in [3.8, 4) is 0 Å². The van der Waals surface area contributed by atoms with Crippen molar-refractivity contribution >= 4 is 13.8 Å². The van der Waals surface area contributed by atoms with E-state index in [0.29, 0.717) is 24.1 Å². The number of likely N-dealkylation sites (N-methyl/N-ethyl adjacent to an activating group) is 1. The molecule has 0 fully saturated rings. The molecule has 0 heterocycles. The molecule has 1 unspecified atom stereocenters. The third-order valence-corrected chi connectivity index (χ3v) is 10.4. The molecule has 2 atom stereocenters. The summed E-state index contributed by atoms with van der Waals surface area (Å²) in [7, 11) is 1.68. The Kier molecular flexibility index (Phi) is 38.2. The predicted octanol–water partition coefficient (Wildman–Crippen LogP) is 13.2. The summed E-state index contributed by atoms with van der Waals surface area (Å²) in [4.78, 5) is 22.7. The number of unbranched alkanes of at least 4 members (excludes halogenated alkanes) is 19. The number of nitrogens with zero attached hydrogens (tertiary/aromatic N) is 1. The van der Waals surface area contributed by atoms with Gasteiger partial charge >= 0.3 is 13.8 Å². The number of hydrogen-bond acceptors (Lipinski definition) is 6. The Morgan fingerprint density at radius 3 is 1.49 bits per heavy atom. The number of carbonyl (C=O) groups is 1. The first kappa shape index (κ1) is 53.5. The molecule has 8 nitrogen and oxygen atoms in total. The summed E-state index contributed by atoms with van der Waals surface area (Å²) in [5, 5.41) is 0. The average molecular weight is 799 g/mol. The van der Waals surface area contributed by atoms with Gasteiger partial charge in [-0.2, -0.15) is 0 Å². The topological polar surface area (TPSA) is 91.3 Å². The lowest BCUT2D eigenvalue weighted by Crippen LogP contribution is -2.37. The molecule has 9 heteroatoms. The van der Waals surface area contributed by atoms with Crippen LogP contribution in [0.2, 0.25) is 0 Å². The quantitative estimate of drug-likeness (QED) is 0.0216. The number of allylic oxidation sites excluding steroid dienone is 8. The molecule has 0 saturated heterocycles. The zero-order valence-electron chi connectivity index (χ0n) is 36.4. The highest BCUT2D eigenvalue weighted by atomic mass is 31.2. The highest BCUT2D eigenvalue weighted by molar-refractivity contribution is 7.47. The number of ether oxygens (including phenoxy) is 2. The van der Waals surface area contributed by atoms with Gasteiger partial charge in [-0.15, -0.1) is 0 Å². The summed E-state index contributed by atoms with van der Waals surface area (Å²) >= 11 is 0. The van der Waals surface area contributed by atoms with Crippen LogP contribution < -0.4 is 0 Å². The highest BCUT2D eigenvalue weighted by Gasteiger charge is 2.25. The van der Waals surface area contributed by atoms with E-state index in [1.807, 2.05) is 21.1 Å². The molecule has 0 aliphatic rings. The maximum absolute atomic E-state index is 12.5. The number of carbonyl (C=O) groups excluding carboxylic acids is 1. The molecular formula is C46H87NO7P+. The van der Waals surface area contributed by atoms with Gasteiger partial charge in [-0.3, -0.25) is 13.8 Å². The van der Waals surface area contributed by atoms with Gasteiger partial charge < -0.3 is 18.9 Å². The molecule has 0 bridgehead atoms. The van der Waals surface area contributed by atoms with Crippen LogP contribution >= 0.6 is 7.82 Å². The Morgan fingerprint density at radius 1 is 0.564 bits per heavy atom. The average Bonchev–Trinajstić information content (AvgIpc) is 3.14. The maximum atomic E-state index is 12.5. The number of esters is 1. The smallest absolute Gasteiger partial charge is 0.463 e. The number of hydrogen-bond donors (Lipinski definition) is 1. The van der Waals surface area contributed by atoms with Crippen molar-refractivity contribution in [2.45, 2.75) is 187 Å². The van der Waals surface area contributed by atoms with Gasteiger partial charge in [0.05, 0.1) is 27.7 Å². The van der Waals surface area contributed by atoms with Crippen molar-refractivity contribution < 1.29 is 37.3 Å². The van der Waals surface area contributed by atoms with Crippen LogP contribution in [0.3, 0.4) is 0 Å². The Hall–Kier alpha value is -1.54. The lowest BCUT2D eigenvalue weighted by atomic mass is 10.0. The first-order valence-electron chi connectivity index (χ1n) is 22.4. The van der Waals surface area contributed by atoms with Crippen LogP contribution in [0.4, 0.5) is 0 Å². The molecule has 0 aromatic heterocycles. The molecular weight excluding hydrogens is 711 g/mol. The summed E-state index contributed by atoms with van der Waals surface area (Å²) in [5.74, 6) is -0.268. The van der Waals surface area contributed by atoms with E-state index in [-0.39, 0.29) is 25.8 Å². The maximum Gasteiger partial charge on any atom is 0.472 e. The van der Waals surface area contributed by atoms with E-state index in [1.54, 1.807) is 0 Å². The van der Waals surface area contributed by atoms with E-state index in [1.165, 1.54) is 103 Å². The Balaban J connectivity index is 4.31. The summed E-state index contributed by atoms with van der Waals surface area (Å²) < 4.78 is 35.0. The fourth-order valence-corrected chi connectivity index (χ4v) is 6.60. The Bertz CT molecular complexity index is 1020. The van der Waals surface area contributed by atoms with E-state index < -0.39 is 13.9 Å². The molecule has 0 aliphatic heterocycles. The van der Waals surface area contributed by atoms with Gasteiger partial charge in [0.15, 0.2) is 0 Å². The molecule has 55 heavy (non-hydrogen) atoms. The fraction of sp³-hybridized carbons (Fsp3) is 0.804. The molecule has 322 valence electrons. The molecule has 0 rings (SSSR count). The van der Waals surface area contributed by atoms with Crippen LogP contribution in [0.1, 0.15) is 181 Å². The second-order valence-electron chi connectivity index (χ2n) is 16.1. The third kappa shape index (κ3) is 43.4. The molecule has 0 spiro atoms.